The molecule has 0 atom stereocenters. The molecule has 1 aromatic carbocycles. The number of phenolic OH excluding ortho intramolecular Hbond substituents is 1. The lowest BCUT2D eigenvalue weighted by atomic mass is 10.1. The molecule has 0 radical (unpaired) electrons. The number of phenols is 1. The first-order valence-corrected chi connectivity index (χ1v) is 5.73. The van der Waals surface area contributed by atoms with E-state index in [1.165, 1.54) is 0 Å². The average molecular weight is 239 g/mol. The van der Waals surface area contributed by atoms with E-state index >= 15 is 0 Å². The summed E-state index contributed by atoms with van der Waals surface area (Å²) in [7, 11) is 1.92. The zero-order chi connectivity index (χ0) is 12.7. The Labute approximate surface area is 105 Å². The van der Waals surface area contributed by atoms with Crippen LogP contribution in [0.1, 0.15) is 5.56 Å². The molecule has 18 heavy (non-hydrogen) atoms. The maximum atomic E-state index is 10.0. The van der Waals surface area contributed by atoms with E-state index in [-0.39, 0.29) is 5.75 Å². The van der Waals surface area contributed by atoms with E-state index in [0.717, 1.165) is 28.0 Å². The lowest BCUT2D eigenvalue weighted by Gasteiger charge is -2.05. The van der Waals surface area contributed by atoms with Crippen LogP contribution in [0.25, 0.3) is 22.4 Å². The first kappa shape index (κ1) is 10.8. The Balaban J connectivity index is 2.28. The van der Waals surface area contributed by atoms with Crippen LogP contribution in [0.3, 0.4) is 0 Å². The second-order valence-electron chi connectivity index (χ2n) is 4.38. The number of fused-ring (bicyclic) bond motifs is 1. The Bertz CT molecular complexity index is 731. The van der Waals surface area contributed by atoms with Crippen molar-refractivity contribution in [1.29, 1.82) is 0 Å². The van der Waals surface area contributed by atoms with Gasteiger partial charge in [0, 0.05) is 13.2 Å². The Morgan fingerprint density at radius 3 is 2.78 bits per heavy atom. The summed E-state index contributed by atoms with van der Waals surface area (Å²) in [6.07, 6.45) is 3.49. The SMILES string of the molecule is Cc1ccc(-c2nc3ccncc3n2C)c(O)c1. The Hall–Kier alpha value is -2.36. The van der Waals surface area contributed by atoms with E-state index in [1.54, 1.807) is 18.5 Å². The predicted molar refractivity (Wildman–Crippen MR) is 70.3 cm³/mol. The molecule has 4 nitrogen and oxygen atoms in total. The third-order valence-electron chi connectivity index (χ3n) is 3.08. The van der Waals surface area contributed by atoms with Crippen LogP contribution in [0.4, 0.5) is 0 Å². The Morgan fingerprint density at radius 2 is 2.06 bits per heavy atom. The van der Waals surface area contributed by atoms with E-state index in [2.05, 4.69) is 9.97 Å². The molecule has 2 aromatic heterocycles. The van der Waals surface area contributed by atoms with E-state index in [4.69, 9.17) is 0 Å². The predicted octanol–water partition coefficient (Wildman–Crippen LogP) is 2.65. The van der Waals surface area contributed by atoms with Gasteiger partial charge in [0.1, 0.15) is 11.6 Å². The van der Waals surface area contributed by atoms with Crippen LogP contribution >= 0.6 is 0 Å². The van der Waals surface area contributed by atoms with Gasteiger partial charge in [-0.3, -0.25) is 4.98 Å². The molecule has 4 heteroatoms. The van der Waals surface area contributed by atoms with Crippen LogP contribution in [0.2, 0.25) is 0 Å². The number of pyridine rings is 1. The Morgan fingerprint density at radius 1 is 1.22 bits per heavy atom. The van der Waals surface area contributed by atoms with Crippen molar-refractivity contribution in [2.45, 2.75) is 6.92 Å². The molecular formula is C14H13N3O. The monoisotopic (exact) mass is 239 g/mol. The largest absolute Gasteiger partial charge is 0.507 e. The minimum atomic E-state index is 0.251. The van der Waals surface area contributed by atoms with Gasteiger partial charge in [0.05, 0.1) is 22.8 Å². The molecule has 0 amide bonds. The molecule has 0 spiro atoms. The smallest absolute Gasteiger partial charge is 0.144 e. The quantitative estimate of drug-likeness (QED) is 0.710. The van der Waals surface area contributed by atoms with Crippen LogP contribution < -0.4 is 0 Å². The normalized spacial score (nSPS) is 11.0. The fourth-order valence-electron chi connectivity index (χ4n) is 2.11. The number of aromatic hydroxyl groups is 1. The van der Waals surface area contributed by atoms with Crippen molar-refractivity contribution >= 4 is 11.0 Å². The molecule has 0 saturated heterocycles. The molecular weight excluding hydrogens is 226 g/mol. The van der Waals surface area contributed by atoms with Gasteiger partial charge in [-0.25, -0.2) is 4.98 Å². The summed E-state index contributed by atoms with van der Waals surface area (Å²) in [5.74, 6) is 0.997. The molecule has 0 fully saturated rings. The van der Waals surface area contributed by atoms with Crippen molar-refractivity contribution in [3.63, 3.8) is 0 Å². The lowest BCUT2D eigenvalue weighted by molar-refractivity contribution is 0.476. The van der Waals surface area contributed by atoms with Crippen LogP contribution in [-0.4, -0.2) is 19.6 Å². The van der Waals surface area contributed by atoms with Crippen LogP contribution in [0.15, 0.2) is 36.7 Å². The second kappa shape index (κ2) is 3.84. The van der Waals surface area contributed by atoms with Gasteiger partial charge in [0.15, 0.2) is 0 Å². The van der Waals surface area contributed by atoms with Crippen LogP contribution in [0.5, 0.6) is 5.75 Å². The minimum Gasteiger partial charge on any atom is -0.507 e. The summed E-state index contributed by atoms with van der Waals surface area (Å²) < 4.78 is 1.94. The van der Waals surface area contributed by atoms with Crippen molar-refractivity contribution in [2.75, 3.05) is 0 Å². The number of aromatic nitrogens is 3. The number of hydrogen-bond donors (Lipinski definition) is 1. The van der Waals surface area contributed by atoms with Crippen LogP contribution in [0, 0.1) is 6.92 Å². The van der Waals surface area contributed by atoms with Gasteiger partial charge in [-0.05, 0) is 30.7 Å². The summed E-state index contributed by atoms with van der Waals surface area (Å²) in [6, 6.07) is 7.46. The maximum absolute atomic E-state index is 10.0. The van der Waals surface area contributed by atoms with Gasteiger partial charge in [0.25, 0.3) is 0 Å². The topological polar surface area (TPSA) is 50.9 Å². The van der Waals surface area contributed by atoms with E-state index in [1.807, 2.05) is 36.7 Å². The number of nitrogens with zero attached hydrogens (tertiary/aromatic N) is 3. The number of imidazole rings is 1. The van der Waals surface area contributed by atoms with Crippen molar-refractivity contribution in [3.05, 3.63) is 42.2 Å². The summed E-state index contributed by atoms with van der Waals surface area (Å²) in [4.78, 5) is 8.63. The molecule has 0 aliphatic rings. The molecule has 1 N–H and O–H groups in total. The summed E-state index contributed by atoms with van der Waals surface area (Å²) in [5.41, 5.74) is 3.59. The molecule has 0 bridgehead atoms. The zero-order valence-corrected chi connectivity index (χ0v) is 10.3. The summed E-state index contributed by atoms with van der Waals surface area (Å²) in [5, 5.41) is 10.0. The molecule has 0 saturated carbocycles. The third-order valence-corrected chi connectivity index (χ3v) is 3.08. The second-order valence-corrected chi connectivity index (χ2v) is 4.38. The highest BCUT2D eigenvalue weighted by Crippen LogP contribution is 2.30. The maximum Gasteiger partial charge on any atom is 0.144 e. The summed E-state index contributed by atoms with van der Waals surface area (Å²) >= 11 is 0. The van der Waals surface area contributed by atoms with Gasteiger partial charge >= 0.3 is 0 Å². The molecule has 0 aliphatic heterocycles. The van der Waals surface area contributed by atoms with E-state index in [9.17, 15) is 5.11 Å². The van der Waals surface area contributed by atoms with E-state index < -0.39 is 0 Å². The number of benzene rings is 1. The number of aryl methyl sites for hydroxylation is 2. The first-order valence-electron chi connectivity index (χ1n) is 5.73. The van der Waals surface area contributed by atoms with Gasteiger partial charge in [-0.15, -0.1) is 0 Å². The van der Waals surface area contributed by atoms with Crippen molar-refractivity contribution in [1.82, 2.24) is 14.5 Å². The van der Waals surface area contributed by atoms with Gasteiger partial charge < -0.3 is 9.67 Å². The van der Waals surface area contributed by atoms with Gasteiger partial charge in [0.2, 0.25) is 0 Å². The van der Waals surface area contributed by atoms with Crippen molar-refractivity contribution in [2.24, 2.45) is 7.05 Å². The number of hydrogen-bond acceptors (Lipinski definition) is 3. The zero-order valence-electron chi connectivity index (χ0n) is 10.3. The van der Waals surface area contributed by atoms with Crippen molar-refractivity contribution < 1.29 is 5.11 Å². The highest BCUT2D eigenvalue weighted by atomic mass is 16.3. The van der Waals surface area contributed by atoms with E-state index in [0.29, 0.717) is 0 Å². The fourth-order valence-corrected chi connectivity index (χ4v) is 2.11. The highest BCUT2D eigenvalue weighted by molar-refractivity contribution is 5.80. The Kier molecular flexibility index (Phi) is 2.30. The molecule has 3 aromatic rings. The van der Waals surface area contributed by atoms with Gasteiger partial charge in [-0.1, -0.05) is 6.07 Å². The highest BCUT2D eigenvalue weighted by Gasteiger charge is 2.12. The summed E-state index contributed by atoms with van der Waals surface area (Å²) in [6.45, 7) is 1.95. The van der Waals surface area contributed by atoms with Crippen molar-refractivity contribution in [3.8, 4) is 17.1 Å². The first-order chi connectivity index (χ1) is 8.66. The fraction of sp³-hybridized carbons (Fsp3) is 0.143. The average Bonchev–Trinajstić information content (AvgIpc) is 2.68. The molecule has 90 valence electrons. The number of rotatable bonds is 1. The molecule has 0 unspecified atom stereocenters. The lowest BCUT2D eigenvalue weighted by Crippen LogP contribution is -1.93. The van der Waals surface area contributed by atoms with Crippen LogP contribution in [-0.2, 0) is 7.05 Å². The minimum absolute atomic E-state index is 0.251. The third kappa shape index (κ3) is 1.54. The van der Waals surface area contributed by atoms with Gasteiger partial charge in [-0.2, -0.15) is 0 Å². The molecule has 3 rings (SSSR count). The molecule has 2 heterocycles. The standard InChI is InChI=1S/C14H13N3O/c1-9-3-4-10(13(18)7-9)14-16-11-5-6-15-8-12(11)17(14)2/h3-8,18H,1-2H3. The molecule has 0 aliphatic carbocycles.